The van der Waals surface area contributed by atoms with Crippen LogP contribution in [0, 0.1) is 0 Å². The Morgan fingerprint density at radius 1 is 1.12 bits per heavy atom. The molecule has 0 amide bonds. The molecular formula is C21H18BrNO3. The van der Waals surface area contributed by atoms with Crippen LogP contribution in [0.4, 0.5) is 0 Å². The summed E-state index contributed by atoms with van der Waals surface area (Å²) < 4.78 is 11.3. The zero-order chi connectivity index (χ0) is 18.5. The highest BCUT2D eigenvalue weighted by molar-refractivity contribution is 9.10. The molecule has 2 aromatic carbocycles. The number of fused-ring (bicyclic) bond motifs is 1. The topological polar surface area (TPSA) is 48.4 Å². The average Bonchev–Trinajstić information content (AvgIpc) is 2.65. The molecule has 1 atom stereocenters. The molecule has 1 unspecified atom stereocenters. The summed E-state index contributed by atoms with van der Waals surface area (Å²) in [6.45, 7) is 1.66. The molecule has 1 heterocycles. The molecule has 5 heteroatoms. The molecule has 3 rings (SSSR count). The van der Waals surface area contributed by atoms with E-state index in [0.717, 1.165) is 26.6 Å². The van der Waals surface area contributed by atoms with Crippen LogP contribution in [0.2, 0.25) is 0 Å². The van der Waals surface area contributed by atoms with Crippen molar-refractivity contribution in [3.05, 3.63) is 70.3 Å². The van der Waals surface area contributed by atoms with Gasteiger partial charge in [-0.2, -0.15) is 0 Å². The normalized spacial score (nSPS) is 12.3. The first-order valence-electron chi connectivity index (χ1n) is 8.14. The molecule has 0 spiro atoms. The standard InChI is InChI=1S/C21H18BrNO3/c1-14(21(24)25-2)26-19-5-3-4-15(12-19)6-10-18-11-8-16-7-9-17(22)13-20(16)23-18/h3-14H,1-2H3/b10-6+. The third-order valence-electron chi connectivity index (χ3n) is 3.83. The van der Waals surface area contributed by atoms with Crippen LogP contribution in [0.25, 0.3) is 23.1 Å². The van der Waals surface area contributed by atoms with Gasteiger partial charge in [0.15, 0.2) is 6.10 Å². The van der Waals surface area contributed by atoms with Crippen LogP contribution in [0.3, 0.4) is 0 Å². The van der Waals surface area contributed by atoms with Crippen LogP contribution in [0.5, 0.6) is 5.75 Å². The van der Waals surface area contributed by atoms with Crippen molar-refractivity contribution in [3.63, 3.8) is 0 Å². The Hall–Kier alpha value is -2.66. The van der Waals surface area contributed by atoms with Crippen molar-refractivity contribution in [1.29, 1.82) is 0 Å². The number of hydrogen-bond acceptors (Lipinski definition) is 4. The summed E-state index contributed by atoms with van der Waals surface area (Å²) in [7, 11) is 1.34. The van der Waals surface area contributed by atoms with Gasteiger partial charge in [-0.3, -0.25) is 0 Å². The first-order chi connectivity index (χ1) is 12.5. The maximum absolute atomic E-state index is 11.5. The summed E-state index contributed by atoms with van der Waals surface area (Å²) in [6, 6.07) is 17.6. The maximum Gasteiger partial charge on any atom is 0.346 e. The number of pyridine rings is 1. The molecule has 3 aromatic rings. The first-order valence-corrected chi connectivity index (χ1v) is 8.93. The van der Waals surface area contributed by atoms with Crippen LogP contribution >= 0.6 is 15.9 Å². The van der Waals surface area contributed by atoms with Crippen molar-refractivity contribution in [3.8, 4) is 5.75 Å². The summed E-state index contributed by atoms with van der Waals surface area (Å²) in [5.74, 6) is 0.206. The van der Waals surface area contributed by atoms with Gasteiger partial charge in [-0.05, 0) is 48.9 Å². The molecule has 4 nitrogen and oxygen atoms in total. The zero-order valence-electron chi connectivity index (χ0n) is 14.5. The van der Waals surface area contributed by atoms with E-state index in [4.69, 9.17) is 4.74 Å². The van der Waals surface area contributed by atoms with Crippen molar-refractivity contribution in [2.24, 2.45) is 0 Å². The Morgan fingerprint density at radius 3 is 2.73 bits per heavy atom. The Labute approximate surface area is 160 Å². The smallest absolute Gasteiger partial charge is 0.346 e. The third-order valence-corrected chi connectivity index (χ3v) is 4.32. The highest BCUT2D eigenvalue weighted by Gasteiger charge is 2.14. The first kappa shape index (κ1) is 18.1. The van der Waals surface area contributed by atoms with Gasteiger partial charge < -0.3 is 9.47 Å². The number of halogens is 1. The molecule has 1 aromatic heterocycles. The summed E-state index contributed by atoms with van der Waals surface area (Å²) >= 11 is 3.47. The number of carbonyl (C=O) groups is 1. The fraction of sp³-hybridized carbons (Fsp3) is 0.143. The van der Waals surface area contributed by atoms with Gasteiger partial charge in [0.05, 0.1) is 18.3 Å². The van der Waals surface area contributed by atoms with Gasteiger partial charge in [0.2, 0.25) is 0 Å². The number of carbonyl (C=O) groups excluding carboxylic acids is 1. The molecule has 0 aliphatic carbocycles. The molecule has 0 fully saturated rings. The van der Waals surface area contributed by atoms with E-state index in [1.165, 1.54) is 7.11 Å². The van der Waals surface area contributed by atoms with Crippen LogP contribution in [0.1, 0.15) is 18.2 Å². The third kappa shape index (κ3) is 4.49. The number of esters is 1. The van der Waals surface area contributed by atoms with E-state index in [1.54, 1.807) is 6.92 Å². The number of rotatable bonds is 5. The van der Waals surface area contributed by atoms with E-state index in [0.29, 0.717) is 5.75 Å². The Morgan fingerprint density at radius 2 is 1.92 bits per heavy atom. The number of methoxy groups -OCH3 is 1. The Bertz CT molecular complexity index is 968. The zero-order valence-corrected chi connectivity index (χ0v) is 16.1. The molecule has 132 valence electrons. The number of aromatic nitrogens is 1. The Kier molecular flexibility index (Phi) is 5.68. The van der Waals surface area contributed by atoms with E-state index < -0.39 is 12.1 Å². The molecule has 0 saturated heterocycles. The number of ether oxygens (including phenoxy) is 2. The van der Waals surface area contributed by atoms with Crippen molar-refractivity contribution < 1.29 is 14.3 Å². The van der Waals surface area contributed by atoms with E-state index in [1.807, 2.05) is 66.7 Å². The summed E-state index contributed by atoms with van der Waals surface area (Å²) in [4.78, 5) is 16.1. The minimum absolute atomic E-state index is 0.405. The molecule has 0 aliphatic rings. The fourth-order valence-electron chi connectivity index (χ4n) is 2.49. The monoisotopic (exact) mass is 411 g/mol. The van der Waals surface area contributed by atoms with Gasteiger partial charge in [-0.1, -0.05) is 46.3 Å². The van der Waals surface area contributed by atoms with Crippen molar-refractivity contribution in [2.75, 3.05) is 7.11 Å². The second-order valence-electron chi connectivity index (χ2n) is 5.76. The SMILES string of the molecule is COC(=O)C(C)Oc1cccc(/C=C/c2ccc3ccc(Br)cc3n2)c1. The van der Waals surface area contributed by atoms with Crippen molar-refractivity contribution >= 4 is 45.0 Å². The molecule has 0 bridgehead atoms. The lowest BCUT2D eigenvalue weighted by atomic mass is 10.1. The van der Waals surface area contributed by atoms with E-state index in [2.05, 4.69) is 25.7 Å². The van der Waals surface area contributed by atoms with Gasteiger partial charge >= 0.3 is 5.97 Å². The minimum Gasteiger partial charge on any atom is -0.479 e. The second kappa shape index (κ2) is 8.15. The molecule has 26 heavy (non-hydrogen) atoms. The maximum atomic E-state index is 11.5. The van der Waals surface area contributed by atoms with Gasteiger partial charge in [0, 0.05) is 9.86 Å². The highest BCUT2D eigenvalue weighted by Crippen LogP contribution is 2.20. The molecule has 0 saturated carbocycles. The number of hydrogen-bond donors (Lipinski definition) is 0. The average molecular weight is 412 g/mol. The van der Waals surface area contributed by atoms with Crippen molar-refractivity contribution in [1.82, 2.24) is 4.98 Å². The second-order valence-corrected chi connectivity index (χ2v) is 6.68. The van der Waals surface area contributed by atoms with E-state index in [-0.39, 0.29) is 0 Å². The summed E-state index contributed by atoms with van der Waals surface area (Å²) in [5.41, 5.74) is 2.76. The lowest BCUT2D eigenvalue weighted by molar-refractivity contribution is -0.147. The summed E-state index contributed by atoms with van der Waals surface area (Å²) in [5, 5.41) is 1.09. The molecule has 0 N–H and O–H groups in total. The van der Waals surface area contributed by atoms with Gasteiger partial charge in [-0.25, -0.2) is 9.78 Å². The Balaban J connectivity index is 1.78. The summed E-state index contributed by atoms with van der Waals surface area (Å²) in [6.07, 6.45) is 3.25. The van der Waals surface area contributed by atoms with Crippen LogP contribution < -0.4 is 4.74 Å². The van der Waals surface area contributed by atoms with Gasteiger partial charge in [-0.15, -0.1) is 0 Å². The highest BCUT2D eigenvalue weighted by atomic mass is 79.9. The van der Waals surface area contributed by atoms with E-state index in [9.17, 15) is 4.79 Å². The molecular weight excluding hydrogens is 394 g/mol. The van der Waals surface area contributed by atoms with Gasteiger partial charge in [0.25, 0.3) is 0 Å². The van der Waals surface area contributed by atoms with Crippen molar-refractivity contribution in [2.45, 2.75) is 13.0 Å². The minimum atomic E-state index is -0.653. The van der Waals surface area contributed by atoms with Crippen LogP contribution in [-0.4, -0.2) is 24.2 Å². The lowest BCUT2D eigenvalue weighted by Crippen LogP contribution is -2.24. The fourth-order valence-corrected chi connectivity index (χ4v) is 2.84. The molecule has 0 aliphatic heterocycles. The van der Waals surface area contributed by atoms with E-state index >= 15 is 0 Å². The van der Waals surface area contributed by atoms with Crippen LogP contribution in [-0.2, 0) is 9.53 Å². The largest absolute Gasteiger partial charge is 0.479 e. The predicted octanol–water partition coefficient (Wildman–Crippen LogP) is 5.11. The van der Waals surface area contributed by atoms with Crippen LogP contribution in [0.15, 0.2) is 59.1 Å². The predicted molar refractivity (Wildman–Crippen MR) is 107 cm³/mol. The lowest BCUT2D eigenvalue weighted by Gasteiger charge is -2.12. The quantitative estimate of drug-likeness (QED) is 0.547. The number of nitrogens with zero attached hydrogens (tertiary/aromatic N) is 1. The van der Waals surface area contributed by atoms with Gasteiger partial charge in [0.1, 0.15) is 5.75 Å². The molecule has 0 radical (unpaired) electrons. The number of benzene rings is 2.